The van der Waals surface area contributed by atoms with Gasteiger partial charge in [-0.2, -0.15) is 0 Å². The van der Waals surface area contributed by atoms with E-state index in [1.807, 2.05) is 0 Å². The van der Waals surface area contributed by atoms with E-state index in [2.05, 4.69) is 50.8 Å². The summed E-state index contributed by atoms with van der Waals surface area (Å²) in [7, 11) is 3.25. The lowest BCUT2D eigenvalue weighted by molar-refractivity contribution is -0.141. The average Bonchev–Trinajstić information content (AvgIpc) is 2.94. The van der Waals surface area contributed by atoms with Gasteiger partial charge in [0.2, 0.25) is 0 Å². The molecule has 3 aliphatic rings. The average molecular weight is 388 g/mol. The lowest BCUT2D eigenvalue weighted by atomic mass is 9.73. The summed E-state index contributed by atoms with van der Waals surface area (Å²) in [5.41, 5.74) is 4.04. The fraction of sp³-hybridized carbons (Fsp3) is 0.708. The first-order valence-electron chi connectivity index (χ1n) is 10.7. The summed E-state index contributed by atoms with van der Waals surface area (Å²) >= 11 is 0. The number of allylic oxidation sites excluding steroid dienone is 2. The summed E-state index contributed by atoms with van der Waals surface area (Å²) in [4.78, 5) is 14.4. The number of carbonyl (C=O) groups is 1. The molecule has 0 bridgehead atoms. The van der Waals surface area contributed by atoms with Crippen molar-refractivity contribution in [3.63, 3.8) is 0 Å². The van der Waals surface area contributed by atoms with E-state index in [0.717, 1.165) is 37.8 Å². The Morgan fingerprint density at radius 2 is 2.00 bits per heavy atom. The van der Waals surface area contributed by atoms with E-state index >= 15 is 0 Å². The maximum Gasteiger partial charge on any atom is 0.305 e. The molecule has 28 heavy (non-hydrogen) atoms. The molecule has 1 aliphatic heterocycles. The molecule has 4 heteroatoms. The van der Waals surface area contributed by atoms with Crippen molar-refractivity contribution in [2.75, 3.05) is 27.3 Å². The summed E-state index contributed by atoms with van der Waals surface area (Å²) in [5, 5.41) is 0. The maximum atomic E-state index is 11.8. The third-order valence-electron chi connectivity index (χ3n) is 7.34. The van der Waals surface area contributed by atoms with Crippen LogP contribution in [0, 0.1) is 17.3 Å². The van der Waals surface area contributed by atoms with Crippen LogP contribution in [-0.2, 0) is 14.3 Å². The molecule has 156 valence electrons. The van der Waals surface area contributed by atoms with Crippen molar-refractivity contribution in [2.24, 2.45) is 17.3 Å². The summed E-state index contributed by atoms with van der Waals surface area (Å²) in [6.07, 6.45) is 11.5. The minimum absolute atomic E-state index is 0.0256. The van der Waals surface area contributed by atoms with Gasteiger partial charge < -0.3 is 14.4 Å². The monoisotopic (exact) mass is 387 g/mol. The highest BCUT2D eigenvalue weighted by Crippen LogP contribution is 2.49. The molecule has 3 rings (SSSR count). The first-order chi connectivity index (χ1) is 13.2. The van der Waals surface area contributed by atoms with Gasteiger partial charge in [-0.1, -0.05) is 38.5 Å². The zero-order chi connectivity index (χ0) is 20.5. The lowest BCUT2D eigenvalue weighted by Gasteiger charge is -2.34. The zero-order valence-electron chi connectivity index (χ0n) is 18.5. The van der Waals surface area contributed by atoms with Gasteiger partial charge in [-0.15, -0.1) is 0 Å². The van der Waals surface area contributed by atoms with Crippen molar-refractivity contribution in [3.05, 3.63) is 35.1 Å². The van der Waals surface area contributed by atoms with Gasteiger partial charge in [0.25, 0.3) is 0 Å². The number of hydrogen-bond donors (Lipinski definition) is 0. The van der Waals surface area contributed by atoms with Crippen molar-refractivity contribution in [3.8, 4) is 0 Å². The summed E-state index contributed by atoms with van der Waals surface area (Å²) < 4.78 is 10.7. The molecule has 0 saturated heterocycles. The molecule has 4 unspecified atom stereocenters. The molecule has 0 aromatic heterocycles. The number of nitrogens with zero attached hydrogens (tertiary/aromatic N) is 1. The van der Waals surface area contributed by atoms with Crippen molar-refractivity contribution in [1.29, 1.82) is 0 Å². The number of ether oxygens (including phenoxy) is 2. The fourth-order valence-electron chi connectivity index (χ4n) is 4.93. The summed E-state index contributed by atoms with van der Waals surface area (Å²) in [5.74, 6) is 1.40. The van der Waals surface area contributed by atoms with Gasteiger partial charge in [-0.05, 0) is 49.7 Å². The smallest absolute Gasteiger partial charge is 0.305 e. The topological polar surface area (TPSA) is 38.8 Å². The van der Waals surface area contributed by atoms with E-state index < -0.39 is 0 Å². The lowest BCUT2D eigenvalue weighted by Crippen LogP contribution is -2.32. The van der Waals surface area contributed by atoms with Crippen molar-refractivity contribution >= 4 is 5.97 Å². The highest BCUT2D eigenvalue weighted by Gasteiger charge is 2.45. The Hall–Kier alpha value is -1.55. The standard InChI is InChI=1S/C24H37NO3/c1-17-7-8-19(13-18(17)2)15-25-16-23(3,11-10-22(26)27-5)20-14-24(4,28-6)12-9-21(20)25/h8-9,12,17-18H,7,10-11,13-16H2,1-6H3. The predicted molar refractivity (Wildman–Crippen MR) is 113 cm³/mol. The van der Waals surface area contributed by atoms with Crippen LogP contribution in [0.4, 0.5) is 0 Å². The van der Waals surface area contributed by atoms with Crippen LogP contribution in [-0.4, -0.2) is 43.8 Å². The van der Waals surface area contributed by atoms with E-state index in [1.54, 1.807) is 12.7 Å². The Morgan fingerprint density at radius 1 is 1.25 bits per heavy atom. The molecule has 4 nitrogen and oxygen atoms in total. The van der Waals surface area contributed by atoms with Crippen LogP contribution >= 0.6 is 0 Å². The van der Waals surface area contributed by atoms with Gasteiger partial charge >= 0.3 is 5.97 Å². The minimum Gasteiger partial charge on any atom is -0.469 e. The molecule has 0 spiro atoms. The van der Waals surface area contributed by atoms with Gasteiger partial charge in [0.1, 0.15) is 0 Å². The third kappa shape index (κ3) is 4.22. The Labute approximate surface area is 170 Å². The molecule has 1 heterocycles. The van der Waals surface area contributed by atoms with Crippen LogP contribution in [0.25, 0.3) is 0 Å². The molecule has 0 aromatic rings. The Kier molecular flexibility index (Phi) is 6.09. The molecule has 0 N–H and O–H groups in total. The molecule has 4 atom stereocenters. The van der Waals surface area contributed by atoms with Gasteiger partial charge in [0.05, 0.1) is 12.7 Å². The van der Waals surface area contributed by atoms with Gasteiger partial charge in [0.15, 0.2) is 0 Å². The van der Waals surface area contributed by atoms with Crippen LogP contribution < -0.4 is 0 Å². The second kappa shape index (κ2) is 8.06. The van der Waals surface area contributed by atoms with E-state index in [9.17, 15) is 4.79 Å². The van der Waals surface area contributed by atoms with Gasteiger partial charge in [-0.25, -0.2) is 0 Å². The van der Waals surface area contributed by atoms with E-state index in [4.69, 9.17) is 9.47 Å². The molecule has 0 amide bonds. The van der Waals surface area contributed by atoms with E-state index in [1.165, 1.54) is 31.2 Å². The number of esters is 1. The molecular weight excluding hydrogens is 350 g/mol. The minimum atomic E-state index is -0.268. The van der Waals surface area contributed by atoms with Crippen LogP contribution in [0.15, 0.2) is 35.1 Å². The molecule has 0 aromatic carbocycles. The Balaban J connectivity index is 1.83. The molecule has 0 saturated carbocycles. The quantitative estimate of drug-likeness (QED) is 0.481. The number of carbonyl (C=O) groups excluding carboxylic acids is 1. The first kappa shape index (κ1) is 21.2. The Bertz CT molecular complexity index is 707. The van der Waals surface area contributed by atoms with Gasteiger partial charge in [0, 0.05) is 44.2 Å². The zero-order valence-corrected chi connectivity index (χ0v) is 18.5. The van der Waals surface area contributed by atoms with Crippen LogP contribution in [0.1, 0.15) is 59.8 Å². The first-order valence-corrected chi connectivity index (χ1v) is 10.7. The highest BCUT2D eigenvalue weighted by atomic mass is 16.5. The molecule has 2 aliphatic carbocycles. The largest absolute Gasteiger partial charge is 0.469 e. The SMILES string of the molecule is COC(=O)CCC1(C)CN(CC2=CCC(C)C(C)C2)C2=C1CC(C)(OC)C=C2. The third-order valence-corrected chi connectivity index (χ3v) is 7.34. The second-order valence-corrected chi connectivity index (χ2v) is 9.64. The van der Waals surface area contributed by atoms with Crippen molar-refractivity contribution in [2.45, 2.75) is 65.4 Å². The molecule has 0 fully saturated rings. The highest BCUT2D eigenvalue weighted by molar-refractivity contribution is 5.69. The number of rotatable bonds is 6. The van der Waals surface area contributed by atoms with Crippen LogP contribution in [0.3, 0.4) is 0 Å². The van der Waals surface area contributed by atoms with E-state index in [-0.39, 0.29) is 17.0 Å². The van der Waals surface area contributed by atoms with Gasteiger partial charge in [-0.3, -0.25) is 4.79 Å². The predicted octanol–water partition coefficient (Wildman–Crippen LogP) is 4.87. The normalized spacial score (nSPS) is 35.1. The Morgan fingerprint density at radius 3 is 2.64 bits per heavy atom. The van der Waals surface area contributed by atoms with Crippen LogP contribution in [0.5, 0.6) is 0 Å². The summed E-state index contributed by atoms with van der Waals surface area (Å²) in [6.45, 7) is 11.1. The molecule has 0 radical (unpaired) electrons. The van der Waals surface area contributed by atoms with Crippen molar-refractivity contribution < 1.29 is 14.3 Å². The maximum absolute atomic E-state index is 11.8. The van der Waals surface area contributed by atoms with E-state index in [0.29, 0.717) is 6.42 Å². The second-order valence-electron chi connectivity index (χ2n) is 9.64. The summed E-state index contributed by atoms with van der Waals surface area (Å²) in [6, 6.07) is 0. The fourth-order valence-corrected chi connectivity index (χ4v) is 4.93. The number of hydrogen-bond acceptors (Lipinski definition) is 4. The molecular formula is C24H37NO3. The van der Waals surface area contributed by atoms with Crippen LogP contribution in [0.2, 0.25) is 0 Å². The number of methoxy groups -OCH3 is 2. The van der Waals surface area contributed by atoms with Crippen molar-refractivity contribution in [1.82, 2.24) is 4.90 Å².